The third kappa shape index (κ3) is 4.52. The highest BCUT2D eigenvalue weighted by Crippen LogP contribution is 2.27. The van der Waals surface area contributed by atoms with Crippen molar-refractivity contribution in [3.05, 3.63) is 0 Å². The highest BCUT2D eigenvalue weighted by atomic mass is 16.4. The zero-order valence-electron chi connectivity index (χ0n) is 10.6. The van der Waals surface area contributed by atoms with Gasteiger partial charge in [0.25, 0.3) is 0 Å². The van der Waals surface area contributed by atoms with Crippen molar-refractivity contribution in [2.24, 2.45) is 5.92 Å². The first-order chi connectivity index (χ1) is 7.63. The van der Waals surface area contributed by atoms with Gasteiger partial charge in [0.2, 0.25) is 0 Å². The van der Waals surface area contributed by atoms with Crippen LogP contribution in [0.4, 0.5) is 0 Å². The number of aliphatic carboxylic acids is 1. The first kappa shape index (κ1) is 13.5. The van der Waals surface area contributed by atoms with Crippen LogP contribution in [-0.2, 0) is 4.79 Å². The lowest BCUT2D eigenvalue weighted by atomic mass is 9.97. The fraction of sp³-hybridized carbons (Fsp3) is 0.923. The second-order valence-corrected chi connectivity index (χ2v) is 5.06. The first-order valence-electron chi connectivity index (χ1n) is 6.55. The Kier molecular flexibility index (Phi) is 5.81. The van der Waals surface area contributed by atoms with Crippen molar-refractivity contribution in [1.82, 2.24) is 4.90 Å². The number of carboxylic acid groups (broad SMARTS) is 1. The molecule has 0 saturated heterocycles. The highest BCUT2D eigenvalue weighted by Gasteiger charge is 2.20. The molecule has 0 amide bonds. The van der Waals surface area contributed by atoms with Crippen molar-refractivity contribution in [1.29, 1.82) is 0 Å². The molecule has 1 aliphatic carbocycles. The van der Waals surface area contributed by atoms with E-state index in [2.05, 4.69) is 18.9 Å². The zero-order chi connectivity index (χ0) is 12.0. The summed E-state index contributed by atoms with van der Waals surface area (Å²) in [6.45, 7) is 2.97. The predicted octanol–water partition coefficient (Wildman–Crippen LogP) is 2.75. The Morgan fingerprint density at radius 1 is 1.31 bits per heavy atom. The van der Waals surface area contributed by atoms with Gasteiger partial charge in [-0.15, -0.1) is 0 Å². The monoisotopic (exact) mass is 227 g/mol. The molecule has 1 aliphatic rings. The van der Waals surface area contributed by atoms with E-state index in [0.717, 1.165) is 5.92 Å². The van der Waals surface area contributed by atoms with Gasteiger partial charge in [-0.2, -0.15) is 0 Å². The number of rotatable bonds is 5. The lowest BCUT2D eigenvalue weighted by Gasteiger charge is -2.26. The van der Waals surface area contributed by atoms with Gasteiger partial charge in [0.1, 0.15) is 0 Å². The average molecular weight is 227 g/mol. The molecule has 0 aromatic rings. The summed E-state index contributed by atoms with van der Waals surface area (Å²) in [5.41, 5.74) is 0. The van der Waals surface area contributed by atoms with E-state index in [1.165, 1.54) is 38.5 Å². The maximum atomic E-state index is 10.5. The second-order valence-electron chi connectivity index (χ2n) is 5.06. The molecule has 1 fully saturated rings. The van der Waals surface area contributed by atoms with Crippen LogP contribution >= 0.6 is 0 Å². The molecule has 1 N–H and O–H groups in total. The van der Waals surface area contributed by atoms with Gasteiger partial charge in [0.15, 0.2) is 0 Å². The second kappa shape index (κ2) is 6.89. The third-order valence-electron chi connectivity index (χ3n) is 3.94. The molecule has 3 nitrogen and oxygen atoms in total. The normalized spacial score (nSPS) is 26.7. The number of carboxylic acids is 1. The minimum absolute atomic E-state index is 0.268. The summed E-state index contributed by atoms with van der Waals surface area (Å²) >= 11 is 0. The smallest absolute Gasteiger partial charge is 0.304 e. The molecule has 0 radical (unpaired) electrons. The van der Waals surface area contributed by atoms with E-state index in [-0.39, 0.29) is 6.42 Å². The fourth-order valence-electron chi connectivity index (χ4n) is 2.66. The molecule has 2 unspecified atom stereocenters. The molecule has 1 saturated carbocycles. The van der Waals surface area contributed by atoms with E-state index in [4.69, 9.17) is 5.11 Å². The van der Waals surface area contributed by atoms with E-state index < -0.39 is 5.97 Å². The van der Waals surface area contributed by atoms with Crippen LogP contribution in [0.3, 0.4) is 0 Å². The Morgan fingerprint density at radius 2 is 2.06 bits per heavy atom. The summed E-state index contributed by atoms with van der Waals surface area (Å²) < 4.78 is 0. The zero-order valence-corrected chi connectivity index (χ0v) is 10.6. The SMILES string of the molecule is CCC1CCCC(N(C)CCC(=O)O)CC1. The summed E-state index contributed by atoms with van der Waals surface area (Å²) in [5.74, 6) is 0.213. The lowest BCUT2D eigenvalue weighted by molar-refractivity contribution is -0.137. The van der Waals surface area contributed by atoms with Crippen LogP contribution in [0.1, 0.15) is 51.9 Å². The Hall–Kier alpha value is -0.570. The average Bonchev–Trinajstić information content (AvgIpc) is 2.50. The molecule has 3 heteroatoms. The van der Waals surface area contributed by atoms with Crippen molar-refractivity contribution in [3.8, 4) is 0 Å². The largest absolute Gasteiger partial charge is 0.481 e. The van der Waals surface area contributed by atoms with Crippen molar-refractivity contribution in [3.63, 3.8) is 0 Å². The van der Waals surface area contributed by atoms with E-state index in [9.17, 15) is 4.79 Å². The van der Waals surface area contributed by atoms with Gasteiger partial charge in [-0.3, -0.25) is 4.79 Å². The molecule has 0 spiro atoms. The molecular weight excluding hydrogens is 202 g/mol. The Balaban J connectivity index is 2.32. The standard InChI is InChI=1S/C13H25NO2/c1-3-11-5-4-6-12(8-7-11)14(2)10-9-13(15)16/h11-12H,3-10H2,1-2H3,(H,15,16). The van der Waals surface area contributed by atoms with Gasteiger partial charge in [0.05, 0.1) is 6.42 Å². The number of nitrogens with zero attached hydrogens (tertiary/aromatic N) is 1. The minimum atomic E-state index is -0.688. The van der Waals surface area contributed by atoms with E-state index in [1.54, 1.807) is 0 Å². The van der Waals surface area contributed by atoms with Crippen LogP contribution in [0.15, 0.2) is 0 Å². The maximum Gasteiger partial charge on any atom is 0.304 e. The van der Waals surface area contributed by atoms with Gasteiger partial charge in [0, 0.05) is 12.6 Å². The highest BCUT2D eigenvalue weighted by molar-refractivity contribution is 5.66. The van der Waals surface area contributed by atoms with Crippen LogP contribution in [0.5, 0.6) is 0 Å². The quantitative estimate of drug-likeness (QED) is 0.734. The van der Waals surface area contributed by atoms with Gasteiger partial charge >= 0.3 is 5.97 Å². The summed E-state index contributed by atoms with van der Waals surface area (Å²) in [5, 5.41) is 8.67. The van der Waals surface area contributed by atoms with Crippen molar-refractivity contribution in [2.75, 3.05) is 13.6 Å². The van der Waals surface area contributed by atoms with Gasteiger partial charge in [-0.25, -0.2) is 0 Å². The molecule has 0 aromatic carbocycles. The summed E-state index contributed by atoms with van der Waals surface area (Å²) in [4.78, 5) is 12.8. The first-order valence-corrected chi connectivity index (χ1v) is 6.55. The summed E-state index contributed by atoms with van der Waals surface area (Å²) in [6.07, 6.45) is 8.04. The maximum absolute atomic E-state index is 10.5. The van der Waals surface area contributed by atoms with Crippen LogP contribution in [0, 0.1) is 5.92 Å². The van der Waals surface area contributed by atoms with Gasteiger partial charge in [-0.05, 0) is 32.2 Å². The molecule has 0 bridgehead atoms. The van der Waals surface area contributed by atoms with Crippen molar-refractivity contribution < 1.29 is 9.90 Å². The van der Waals surface area contributed by atoms with Gasteiger partial charge in [-0.1, -0.05) is 26.2 Å². The topological polar surface area (TPSA) is 40.5 Å². The third-order valence-corrected chi connectivity index (χ3v) is 3.94. The predicted molar refractivity (Wildman–Crippen MR) is 65.5 cm³/mol. The van der Waals surface area contributed by atoms with Crippen molar-refractivity contribution in [2.45, 2.75) is 57.9 Å². The summed E-state index contributed by atoms with van der Waals surface area (Å²) in [6, 6.07) is 0.607. The molecule has 94 valence electrons. The molecule has 0 heterocycles. The Bertz CT molecular complexity index is 218. The summed E-state index contributed by atoms with van der Waals surface area (Å²) in [7, 11) is 2.07. The Morgan fingerprint density at radius 3 is 2.69 bits per heavy atom. The molecule has 1 rings (SSSR count). The lowest BCUT2D eigenvalue weighted by Crippen LogP contribution is -2.33. The van der Waals surface area contributed by atoms with E-state index >= 15 is 0 Å². The minimum Gasteiger partial charge on any atom is -0.481 e. The fourth-order valence-corrected chi connectivity index (χ4v) is 2.66. The molecule has 0 aromatic heterocycles. The number of hydrogen-bond acceptors (Lipinski definition) is 2. The molecule has 2 atom stereocenters. The van der Waals surface area contributed by atoms with Crippen LogP contribution in [-0.4, -0.2) is 35.6 Å². The number of hydrogen-bond donors (Lipinski definition) is 1. The molecule has 16 heavy (non-hydrogen) atoms. The van der Waals surface area contributed by atoms with E-state index in [1.807, 2.05) is 0 Å². The van der Waals surface area contributed by atoms with Crippen LogP contribution in [0.2, 0.25) is 0 Å². The molecule has 0 aliphatic heterocycles. The Labute approximate surface area is 98.8 Å². The van der Waals surface area contributed by atoms with Crippen LogP contribution < -0.4 is 0 Å². The van der Waals surface area contributed by atoms with E-state index in [0.29, 0.717) is 12.6 Å². The molecular formula is C13H25NO2. The van der Waals surface area contributed by atoms with Crippen molar-refractivity contribution >= 4 is 5.97 Å². The van der Waals surface area contributed by atoms with Gasteiger partial charge < -0.3 is 10.0 Å². The van der Waals surface area contributed by atoms with Crippen LogP contribution in [0.25, 0.3) is 0 Å². The number of carbonyl (C=O) groups is 1.